The molecule has 0 amide bonds. The van der Waals surface area contributed by atoms with Crippen molar-refractivity contribution in [2.75, 3.05) is 6.61 Å². The molecule has 1 saturated heterocycles. The summed E-state index contributed by atoms with van der Waals surface area (Å²) in [6, 6.07) is 0. The van der Waals surface area contributed by atoms with Crippen LogP contribution in [0.4, 0.5) is 0 Å². The number of rotatable bonds is 0. The molecule has 1 aliphatic heterocycles. The molecule has 0 aromatic heterocycles. The number of nitrogens with two attached hydrogens (primary N) is 1. The molecule has 1 fully saturated rings. The third-order valence-corrected chi connectivity index (χ3v) is 2.97. The quantitative estimate of drug-likeness (QED) is 0.398. The number of hydrogen-bond acceptors (Lipinski definition) is 3. The Hall–Kier alpha value is 0.438. The molecule has 3 nitrogen and oxygen atoms in total. The van der Waals surface area contributed by atoms with Crippen LogP contribution in [0.15, 0.2) is 0 Å². The molecule has 0 bridgehead atoms. The molecular formula is C3H8AsNO2. The maximum absolute atomic E-state index is 5.43. The Labute approximate surface area is 47.5 Å². The zero-order valence-corrected chi connectivity index (χ0v) is 5.84. The molecule has 1 rings (SSSR count). The van der Waals surface area contributed by atoms with Gasteiger partial charge in [-0.2, -0.15) is 0 Å². The first-order chi connectivity index (χ1) is 3.39. The summed E-state index contributed by atoms with van der Waals surface area (Å²) in [5, 5.41) is 1.06. The molecule has 1 heterocycles. The van der Waals surface area contributed by atoms with Gasteiger partial charge in [-0.3, -0.25) is 0 Å². The van der Waals surface area contributed by atoms with Crippen LogP contribution < -0.4 is 4.65 Å². The zero-order chi connectivity index (χ0) is 5.11. The van der Waals surface area contributed by atoms with Crippen LogP contribution in [0.1, 0.15) is 6.42 Å². The molecule has 0 spiro atoms. The molecule has 0 saturated carbocycles. The van der Waals surface area contributed by atoms with Gasteiger partial charge < -0.3 is 0 Å². The topological polar surface area (TPSA) is 44.5 Å². The summed E-state index contributed by atoms with van der Waals surface area (Å²) in [4.78, 5) is 4.62. The molecular weight excluding hydrogens is 157 g/mol. The number of hydrogen-bond donors (Lipinski definition) is 1. The van der Waals surface area contributed by atoms with Crippen molar-refractivity contribution in [2.45, 2.75) is 11.6 Å². The summed E-state index contributed by atoms with van der Waals surface area (Å²) in [6.45, 7) is 0.725. The summed E-state index contributed by atoms with van der Waals surface area (Å²) in [7, 11) is 0. The van der Waals surface area contributed by atoms with Crippen molar-refractivity contribution in [1.29, 1.82) is 0 Å². The normalized spacial score (nSPS) is 33.0. The van der Waals surface area contributed by atoms with E-state index in [0.717, 1.165) is 18.2 Å². The van der Waals surface area contributed by atoms with Crippen molar-refractivity contribution in [3.05, 3.63) is 0 Å². The zero-order valence-electron chi connectivity index (χ0n) is 3.96. The summed E-state index contributed by atoms with van der Waals surface area (Å²) in [6.07, 6.45) is 1.08. The van der Waals surface area contributed by atoms with Crippen molar-refractivity contribution >= 4 is 15.2 Å². The standard InChI is InChI=1S/C3H8AsNO2/c5-4-2-1-3-6-7-4/h1-3,5H2. The Balaban J connectivity index is 2.12. The summed E-state index contributed by atoms with van der Waals surface area (Å²) in [5.74, 6) is 0. The minimum atomic E-state index is -1.37. The van der Waals surface area contributed by atoms with E-state index in [1.807, 2.05) is 0 Å². The molecule has 7 heavy (non-hydrogen) atoms. The van der Waals surface area contributed by atoms with Crippen LogP contribution in [-0.4, -0.2) is 21.8 Å². The van der Waals surface area contributed by atoms with Crippen molar-refractivity contribution < 1.29 is 8.76 Å². The van der Waals surface area contributed by atoms with Gasteiger partial charge in [-0.05, 0) is 0 Å². The van der Waals surface area contributed by atoms with Gasteiger partial charge in [0.25, 0.3) is 0 Å². The predicted octanol–water partition coefficient (Wildman–Crippen LogP) is -0.215. The Morgan fingerprint density at radius 3 is 2.71 bits per heavy atom. The fraction of sp³-hybridized carbons (Fsp3) is 1.00. The van der Waals surface area contributed by atoms with Crippen LogP contribution in [0, 0.1) is 0 Å². The second kappa shape index (κ2) is 2.67. The second-order valence-electron chi connectivity index (χ2n) is 1.39. The first-order valence-electron chi connectivity index (χ1n) is 2.21. The SMILES string of the molecule is N[As]1CCCOO1. The molecule has 0 radical (unpaired) electrons. The van der Waals surface area contributed by atoms with Crippen LogP contribution in [0.3, 0.4) is 0 Å². The monoisotopic (exact) mass is 165 g/mol. The van der Waals surface area contributed by atoms with Gasteiger partial charge in [0.2, 0.25) is 0 Å². The van der Waals surface area contributed by atoms with Gasteiger partial charge in [-0.25, -0.2) is 0 Å². The van der Waals surface area contributed by atoms with Crippen molar-refractivity contribution in [3.8, 4) is 0 Å². The summed E-state index contributed by atoms with van der Waals surface area (Å²) in [5.41, 5.74) is 0. The third-order valence-electron chi connectivity index (χ3n) is 0.755. The van der Waals surface area contributed by atoms with Gasteiger partial charge >= 0.3 is 46.9 Å². The maximum atomic E-state index is 5.43. The molecule has 2 N–H and O–H groups in total. The van der Waals surface area contributed by atoms with E-state index < -0.39 is 15.2 Å². The Morgan fingerprint density at radius 2 is 2.43 bits per heavy atom. The van der Waals surface area contributed by atoms with Crippen LogP contribution in [-0.2, 0) is 8.76 Å². The van der Waals surface area contributed by atoms with E-state index in [4.69, 9.17) is 8.53 Å². The van der Waals surface area contributed by atoms with E-state index >= 15 is 0 Å². The third kappa shape index (κ3) is 1.78. The Kier molecular flexibility index (Phi) is 2.13. The second-order valence-corrected chi connectivity index (χ2v) is 4.39. The summed E-state index contributed by atoms with van der Waals surface area (Å²) >= 11 is -1.37. The Bertz CT molecular complexity index is 54.9. The first-order valence-corrected chi connectivity index (χ1v) is 5.39. The van der Waals surface area contributed by atoms with Crippen LogP contribution in [0.5, 0.6) is 0 Å². The summed E-state index contributed by atoms with van der Waals surface area (Å²) < 4.78 is 10.1. The van der Waals surface area contributed by atoms with E-state index in [-0.39, 0.29) is 0 Å². The molecule has 0 aromatic carbocycles. The van der Waals surface area contributed by atoms with Crippen molar-refractivity contribution in [2.24, 2.45) is 4.65 Å². The fourth-order valence-corrected chi connectivity index (χ4v) is 1.94. The van der Waals surface area contributed by atoms with Gasteiger partial charge in [0.1, 0.15) is 0 Å². The molecule has 0 aromatic rings. The van der Waals surface area contributed by atoms with Crippen LogP contribution in [0.25, 0.3) is 0 Å². The van der Waals surface area contributed by atoms with Gasteiger partial charge in [-0.1, -0.05) is 0 Å². The molecule has 1 unspecified atom stereocenters. The molecule has 1 aliphatic rings. The van der Waals surface area contributed by atoms with Crippen LogP contribution >= 0.6 is 0 Å². The van der Waals surface area contributed by atoms with E-state index in [1.165, 1.54) is 0 Å². The first kappa shape index (κ1) is 5.57. The van der Waals surface area contributed by atoms with Crippen molar-refractivity contribution in [3.63, 3.8) is 0 Å². The van der Waals surface area contributed by atoms with Gasteiger partial charge in [-0.15, -0.1) is 0 Å². The predicted molar refractivity (Wildman–Crippen MR) is 26.4 cm³/mol. The van der Waals surface area contributed by atoms with E-state index in [2.05, 4.69) is 4.89 Å². The van der Waals surface area contributed by atoms with Gasteiger partial charge in [0.05, 0.1) is 0 Å². The van der Waals surface area contributed by atoms with Gasteiger partial charge in [0.15, 0.2) is 0 Å². The van der Waals surface area contributed by atoms with E-state index in [0.29, 0.717) is 0 Å². The van der Waals surface area contributed by atoms with Crippen molar-refractivity contribution in [1.82, 2.24) is 0 Å². The fourth-order valence-electron chi connectivity index (χ4n) is 0.422. The molecule has 1 atom stereocenters. The van der Waals surface area contributed by atoms with Crippen LogP contribution in [0.2, 0.25) is 5.21 Å². The van der Waals surface area contributed by atoms with E-state index in [1.54, 1.807) is 0 Å². The Morgan fingerprint density at radius 1 is 1.57 bits per heavy atom. The minimum absolute atomic E-state index is 0.725. The van der Waals surface area contributed by atoms with E-state index in [9.17, 15) is 0 Å². The molecule has 0 aliphatic carbocycles. The molecule has 4 heteroatoms. The van der Waals surface area contributed by atoms with Gasteiger partial charge in [0, 0.05) is 0 Å². The average molecular weight is 165 g/mol. The molecule has 42 valence electrons. The average Bonchev–Trinajstić information content (AvgIpc) is 1.69.